The lowest BCUT2D eigenvalue weighted by Crippen LogP contribution is -2.53. The van der Waals surface area contributed by atoms with Gasteiger partial charge >= 0.3 is 0 Å². The number of carbonyl (C=O) groups is 2. The summed E-state index contributed by atoms with van der Waals surface area (Å²) in [6.07, 6.45) is 1.38. The van der Waals surface area contributed by atoms with Crippen molar-refractivity contribution < 1.29 is 18.0 Å². The maximum absolute atomic E-state index is 14.0. The van der Waals surface area contributed by atoms with Crippen LogP contribution in [-0.2, 0) is 32.6 Å². The molecule has 0 saturated heterocycles. The molecule has 0 aromatic heterocycles. The average molecular weight is 550 g/mol. The van der Waals surface area contributed by atoms with Crippen molar-refractivity contribution in [3.63, 3.8) is 0 Å². The molecule has 3 rings (SSSR count). The first kappa shape index (κ1) is 29.9. The number of nitrogens with one attached hydrogen (secondary N) is 1. The van der Waals surface area contributed by atoms with E-state index in [9.17, 15) is 18.0 Å². The maximum Gasteiger partial charge on any atom is 0.244 e. The van der Waals surface area contributed by atoms with E-state index in [-0.39, 0.29) is 18.4 Å². The standard InChI is InChI=1S/C31H39N3O4S/c1-23(2)20-32-31(36)29(19-26-11-7-6-8-12-26)33(21-27-16-14-24(3)15-17-27)30(35)22-34(39(5,37)38)28-13-9-10-25(4)18-28/h6-18,23,29H,19-22H2,1-5H3,(H,32,36). The maximum atomic E-state index is 14.0. The monoisotopic (exact) mass is 549 g/mol. The highest BCUT2D eigenvalue weighted by Gasteiger charge is 2.33. The van der Waals surface area contributed by atoms with Gasteiger partial charge in [0.25, 0.3) is 0 Å². The van der Waals surface area contributed by atoms with Crippen LogP contribution >= 0.6 is 0 Å². The van der Waals surface area contributed by atoms with E-state index in [0.29, 0.717) is 18.7 Å². The number of benzene rings is 3. The van der Waals surface area contributed by atoms with Crippen molar-refractivity contribution in [2.75, 3.05) is 23.7 Å². The zero-order chi connectivity index (χ0) is 28.6. The quantitative estimate of drug-likeness (QED) is 0.361. The Labute approximate surface area is 232 Å². The fourth-order valence-electron chi connectivity index (χ4n) is 4.26. The summed E-state index contributed by atoms with van der Waals surface area (Å²) >= 11 is 0. The van der Waals surface area contributed by atoms with Crippen molar-refractivity contribution >= 4 is 27.5 Å². The summed E-state index contributed by atoms with van der Waals surface area (Å²) in [4.78, 5) is 29.2. The number of hydrogen-bond acceptors (Lipinski definition) is 4. The molecule has 2 amide bonds. The first-order valence-corrected chi connectivity index (χ1v) is 15.0. The van der Waals surface area contributed by atoms with Crippen molar-refractivity contribution in [2.24, 2.45) is 5.92 Å². The molecular weight excluding hydrogens is 510 g/mol. The number of sulfonamides is 1. The minimum atomic E-state index is -3.78. The van der Waals surface area contributed by atoms with Crippen LogP contribution in [0.2, 0.25) is 0 Å². The number of rotatable bonds is 12. The molecule has 1 unspecified atom stereocenters. The smallest absolute Gasteiger partial charge is 0.244 e. The van der Waals surface area contributed by atoms with Gasteiger partial charge in [-0.05, 0) is 48.6 Å². The number of carbonyl (C=O) groups excluding carboxylic acids is 2. The molecule has 0 bridgehead atoms. The van der Waals surface area contributed by atoms with Crippen LogP contribution in [0.25, 0.3) is 0 Å². The summed E-state index contributed by atoms with van der Waals surface area (Å²) in [5, 5.41) is 2.99. The first-order valence-electron chi connectivity index (χ1n) is 13.1. The Bertz CT molecular complexity index is 1360. The van der Waals surface area contributed by atoms with Crippen LogP contribution in [-0.4, -0.2) is 50.5 Å². The average Bonchev–Trinajstić information content (AvgIpc) is 2.88. The predicted octanol–water partition coefficient (Wildman–Crippen LogP) is 4.48. The van der Waals surface area contributed by atoms with Gasteiger partial charge in [0.2, 0.25) is 21.8 Å². The molecule has 1 atom stereocenters. The van der Waals surface area contributed by atoms with Crippen molar-refractivity contribution in [2.45, 2.75) is 46.7 Å². The summed E-state index contributed by atoms with van der Waals surface area (Å²) < 4.78 is 26.8. The fourth-order valence-corrected chi connectivity index (χ4v) is 5.10. The molecule has 7 nitrogen and oxygen atoms in total. The van der Waals surface area contributed by atoms with Crippen molar-refractivity contribution in [1.82, 2.24) is 10.2 Å². The Morgan fingerprint density at radius 2 is 1.51 bits per heavy atom. The number of anilines is 1. The van der Waals surface area contributed by atoms with Gasteiger partial charge in [0.05, 0.1) is 11.9 Å². The molecule has 8 heteroatoms. The van der Waals surface area contributed by atoms with Gasteiger partial charge in [0.15, 0.2) is 0 Å². The second kappa shape index (κ2) is 13.4. The van der Waals surface area contributed by atoms with Gasteiger partial charge in [0.1, 0.15) is 12.6 Å². The van der Waals surface area contributed by atoms with E-state index in [1.165, 1.54) is 4.90 Å². The SMILES string of the molecule is Cc1ccc(CN(C(=O)CN(c2cccc(C)c2)S(C)(=O)=O)C(Cc2ccccc2)C(=O)NCC(C)C)cc1. The Morgan fingerprint density at radius 1 is 0.846 bits per heavy atom. The molecule has 3 aromatic rings. The second-order valence-corrected chi connectivity index (χ2v) is 12.4. The molecule has 0 radical (unpaired) electrons. The molecule has 0 aliphatic rings. The van der Waals surface area contributed by atoms with Gasteiger partial charge in [-0.25, -0.2) is 8.42 Å². The lowest BCUT2D eigenvalue weighted by Gasteiger charge is -2.33. The van der Waals surface area contributed by atoms with E-state index in [1.807, 2.05) is 88.4 Å². The molecular formula is C31H39N3O4S. The minimum Gasteiger partial charge on any atom is -0.354 e. The number of hydrogen-bond donors (Lipinski definition) is 1. The van der Waals surface area contributed by atoms with Gasteiger partial charge in [-0.3, -0.25) is 13.9 Å². The Morgan fingerprint density at radius 3 is 2.10 bits per heavy atom. The van der Waals surface area contributed by atoms with E-state index in [0.717, 1.165) is 32.8 Å². The molecule has 1 N–H and O–H groups in total. The Hall–Kier alpha value is -3.65. The summed E-state index contributed by atoms with van der Waals surface area (Å²) in [7, 11) is -3.78. The van der Waals surface area contributed by atoms with Gasteiger partial charge in [0, 0.05) is 19.5 Å². The lowest BCUT2D eigenvalue weighted by molar-refractivity contribution is -0.140. The van der Waals surface area contributed by atoms with Gasteiger partial charge in [-0.15, -0.1) is 0 Å². The van der Waals surface area contributed by atoms with Crippen LogP contribution in [0.4, 0.5) is 5.69 Å². The summed E-state index contributed by atoms with van der Waals surface area (Å²) in [6, 6.07) is 23.5. The minimum absolute atomic E-state index is 0.164. The van der Waals surface area contributed by atoms with E-state index >= 15 is 0 Å². The molecule has 3 aromatic carbocycles. The van der Waals surface area contributed by atoms with Crippen LogP contribution < -0.4 is 9.62 Å². The van der Waals surface area contributed by atoms with Crippen LogP contribution in [0.5, 0.6) is 0 Å². The molecule has 0 saturated carbocycles. The van der Waals surface area contributed by atoms with E-state index in [4.69, 9.17) is 0 Å². The summed E-state index contributed by atoms with van der Waals surface area (Å²) in [5.41, 5.74) is 4.12. The summed E-state index contributed by atoms with van der Waals surface area (Å²) in [6.45, 7) is 8.07. The van der Waals surface area contributed by atoms with Crippen LogP contribution in [0, 0.1) is 19.8 Å². The Balaban J connectivity index is 2.04. The van der Waals surface area contributed by atoms with E-state index in [1.54, 1.807) is 18.2 Å². The highest BCUT2D eigenvalue weighted by atomic mass is 32.2. The third-order valence-electron chi connectivity index (χ3n) is 6.40. The highest BCUT2D eigenvalue weighted by molar-refractivity contribution is 7.92. The largest absolute Gasteiger partial charge is 0.354 e. The topological polar surface area (TPSA) is 86.8 Å². The molecule has 0 spiro atoms. The zero-order valence-corrected chi connectivity index (χ0v) is 24.2. The number of amides is 2. The van der Waals surface area contributed by atoms with Crippen LogP contribution in [0.3, 0.4) is 0 Å². The highest BCUT2D eigenvalue weighted by Crippen LogP contribution is 2.21. The van der Waals surface area contributed by atoms with Gasteiger partial charge in [-0.1, -0.05) is 86.1 Å². The van der Waals surface area contributed by atoms with Crippen molar-refractivity contribution in [1.29, 1.82) is 0 Å². The molecule has 39 heavy (non-hydrogen) atoms. The van der Waals surface area contributed by atoms with E-state index in [2.05, 4.69) is 5.32 Å². The van der Waals surface area contributed by atoms with Crippen molar-refractivity contribution in [3.05, 3.63) is 101 Å². The van der Waals surface area contributed by atoms with Crippen LogP contribution in [0.1, 0.15) is 36.1 Å². The Kier molecular flexibility index (Phi) is 10.3. The van der Waals surface area contributed by atoms with Crippen molar-refractivity contribution in [3.8, 4) is 0 Å². The molecule has 0 heterocycles. The number of nitrogens with zero attached hydrogens (tertiary/aromatic N) is 2. The molecule has 0 aliphatic heterocycles. The molecule has 208 valence electrons. The third-order valence-corrected chi connectivity index (χ3v) is 7.54. The molecule has 0 aliphatic carbocycles. The fraction of sp³-hybridized carbons (Fsp3) is 0.355. The zero-order valence-electron chi connectivity index (χ0n) is 23.4. The van der Waals surface area contributed by atoms with Gasteiger partial charge in [-0.2, -0.15) is 0 Å². The van der Waals surface area contributed by atoms with E-state index < -0.39 is 28.5 Å². The van der Waals surface area contributed by atoms with Crippen LogP contribution in [0.15, 0.2) is 78.9 Å². The first-order chi connectivity index (χ1) is 18.4. The van der Waals surface area contributed by atoms with Gasteiger partial charge < -0.3 is 10.2 Å². The molecule has 0 fully saturated rings. The predicted molar refractivity (Wildman–Crippen MR) is 157 cm³/mol. The number of aryl methyl sites for hydroxylation is 2. The normalized spacial score (nSPS) is 12.2. The third kappa shape index (κ3) is 8.96. The second-order valence-electron chi connectivity index (χ2n) is 10.5. The summed E-state index contributed by atoms with van der Waals surface area (Å²) in [5.74, 6) is -0.493. The lowest BCUT2D eigenvalue weighted by atomic mass is 10.0.